The summed E-state index contributed by atoms with van der Waals surface area (Å²) in [6, 6.07) is 57.5. The van der Waals surface area contributed by atoms with Gasteiger partial charge in [-0.05, 0) is 82.4 Å². The number of nitrogens with zero attached hydrogens (tertiary/aromatic N) is 5. The van der Waals surface area contributed by atoms with Crippen LogP contribution in [0.15, 0.2) is 170 Å². The van der Waals surface area contributed by atoms with Gasteiger partial charge in [0.2, 0.25) is 0 Å². The first-order valence-electron chi connectivity index (χ1n) is 19.1. The maximum atomic E-state index is 15.3. The molecule has 0 N–H and O–H groups in total. The van der Waals surface area contributed by atoms with Crippen molar-refractivity contribution in [3.63, 3.8) is 0 Å². The molecule has 5 nitrogen and oxygen atoms in total. The predicted octanol–water partition coefficient (Wildman–Crippen LogP) is 13.5. The van der Waals surface area contributed by atoms with E-state index in [1.165, 1.54) is 12.1 Å². The summed E-state index contributed by atoms with van der Waals surface area (Å²) in [5.74, 6) is 0. The summed E-state index contributed by atoms with van der Waals surface area (Å²) in [7, 11) is 0. The lowest BCUT2D eigenvalue weighted by Crippen LogP contribution is -2.11. The molecule has 2 aromatic heterocycles. The monoisotopic (exact) mass is 779 g/mol. The zero-order chi connectivity index (χ0) is 41.1. The molecule has 0 spiro atoms. The van der Waals surface area contributed by atoms with Crippen molar-refractivity contribution >= 4 is 43.6 Å². The highest BCUT2D eigenvalue weighted by atomic mass is 19.4. The topological polar surface area (TPSA) is 81.2 Å². The van der Waals surface area contributed by atoms with Gasteiger partial charge in [0.25, 0.3) is 0 Å². The Morgan fingerprint density at radius 3 is 1.28 bits per heavy atom. The lowest BCUT2D eigenvalue weighted by atomic mass is 9.93. The molecule has 0 aliphatic carbocycles. The van der Waals surface area contributed by atoms with Crippen LogP contribution in [-0.4, -0.2) is 9.13 Å². The summed E-state index contributed by atoms with van der Waals surface area (Å²) in [5.41, 5.74) is 7.08. The SMILES string of the molecule is N#Cc1cc(-n2c3ccccc3c3ccc(-c4ccccc4C#N)cc32)c(-c2ccccc2C(F)(F)F)c(-n2c3ccccc3c3ccc(-c4ccccc4C#N)cc32)c1. The van der Waals surface area contributed by atoms with Crippen LogP contribution in [-0.2, 0) is 6.18 Å². The average molecular weight is 780 g/mol. The number of benzene rings is 8. The number of alkyl halides is 3. The first-order chi connectivity index (χ1) is 29.3. The Hall–Kier alpha value is -8.38. The number of hydrogen-bond donors (Lipinski definition) is 0. The summed E-state index contributed by atoms with van der Waals surface area (Å²) in [5, 5.41) is 34.3. The van der Waals surface area contributed by atoms with E-state index in [2.05, 4.69) is 18.2 Å². The Kier molecular flexibility index (Phi) is 8.35. The first kappa shape index (κ1) is 36.0. The second kappa shape index (κ2) is 13.9. The molecule has 0 saturated heterocycles. The second-order valence-electron chi connectivity index (χ2n) is 14.5. The molecule has 0 saturated carbocycles. The van der Waals surface area contributed by atoms with Gasteiger partial charge in [-0.3, -0.25) is 0 Å². The third-order valence-electron chi connectivity index (χ3n) is 11.3. The second-order valence-corrected chi connectivity index (χ2v) is 14.5. The molecule has 0 amide bonds. The van der Waals surface area contributed by atoms with Crippen molar-refractivity contribution in [2.24, 2.45) is 0 Å². The Morgan fingerprint density at radius 1 is 0.400 bits per heavy atom. The minimum Gasteiger partial charge on any atom is -0.308 e. The predicted molar refractivity (Wildman–Crippen MR) is 231 cm³/mol. The smallest absolute Gasteiger partial charge is 0.308 e. The molecule has 0 radical (unpaired) electrons. The Morgan fingerprint density at radius 2 is 0.817 bits per heavy atom. The molecule has 60 heavy (non-hydrogen) atoms. The summed E-state index contributed by atoms with van der Waals surface area (Å²) in [4.78, 5) is 0. The molecule has 2 heterocycles. The average Bonchev–Trinajstić information content (AvgIpc) is 3.80. The van der Waals surface area contributed by atoms with E-state index in [0.29, 0.717) is 44.7 Å². The minimum atomic E-state index is -4.73. The van der Waals surface area contributed by atoms with Crippen molar-refractivity contribution < 1.29 is 13.2 Å². The zero-order valence-corrected chi connectivity index (χ0v) is 31.5. The maximum Gasteiger partial charge on any atom is 0.417 e. The Labute approximate surface area is 341 Å². The van der Waals surface area contributed by atoms with Crippen molar-refractivity contribution in [3.05, 3.63) is 192 Å². The number of rotatable bonds is 5. The zero-order valence-electron chi connectivity index (χ0n) is 31.5. The van der Waals surface area contributed by atoms with E-state index in [1.54, 1.807) is 42.5 Å². The first-order valence-corrected chi connectivity index (χ1v) is 19.1. The molecule has 0 aliphatic rings. The highest BCUT2D eigenvalue weighted by molar-refractivity contribution is 6.13. The molecule has 282 valence electrons. The molecule has 0 unspecified atom stereocenters. The molecular weight excluding hydrogens is 752 g/mol. The van der Waals surface area contributed by atoms with E-state index in [1.807, 2.05) is 118 Å². The van der Waals surface area contributed by atoms with Crippen molar-refractivity contribution in [2.75, 3.05) is 0 Å². The van der Waals surface area contributed by atoms with E-state index in [9.17, 15) is 15.8 Å². The molecule has 8 heteroatoms. The van der Waals surface area contributed by atoms with Crippen LogP contribution in [0.4, 0.5) is 13.2 Å². The van der Waals surface area contributed by atoms with Gasteiger partial charge in [-0.1, -0.05) is 115 Å². The Balaban J connectivity index is 1.40. The number of para-hydroxylation sites is 2. The summed E-state index contributed by atoms with van der Waals surface area (Å²) >= 11 is 0. The van der Waals surface area contributed by atoms with Gasteiger partial charge in [0.15, 0.2) is 0 Å². The lowest BCUT2D eigenvalue weighted by molar-refractivity contribution is -0.137. The van der Waals surface area contributed by atoms with Crippen LogP contribution in [0, 0.1) is 34.0 Å². The van der Waals surface area contributed by atoms with Crippen LogP contribution in [0.3, 0.4) is 0 Å². The number of aromatic nitrogens is 2. The summed E-state index contributed by atoms with van der Waals surface area (Å²) in [6.45, 7) is 0. The fraction of sp³-hybridized carbons (Fsp3) is 0.0192. The van der Waals surface area contributed by atoms with Crippen molar-refractivity contribution in [1.82, 2.24) is 9.13 Å². The van der Waals surface area contributed by atoms with E-state index in [-0.39, 0.29) is 16.7 Å². The van der Waals surface area contributed by atoms with Crippen molar-refractivity contribution in [3.8, 4) is 63.0 Å². The van der Waals surface area contributed by atoms with Crippen LogP contribution in [0.25, 0.3) is 88.4 Å². The van der Waals surface area contributed by atoms with Gasteiger partial charge < -0.3 is 9.13 Å². The van der Waals surface area contributed by atoms with Crippen LogP contribution in [0.2, 0.25) is 0 Å². The van der Waals surface area contributed by atoms with Crippen LogP contribution in [0.5, 0.6) is 0 Å². The standard InChI is InChI=1S/C52H28F3N5/c53-52(54,55)44-18-8-5-17-43(44)51-49(59-45-19-9-6-15-39(45)41-23-21-33(27-47(41)59)37-13-3-1-11-35(37)30-57)25-32(29-56)26-50(51)60-46-20-10-7-16-40(46)42-24-22-34(28-48(42)60)38-14-4-2-12-36(38)31-58/h1-28H. The fourth-order valence-corrected chi connectivity index (χ4v) is 8.71. The fourth-order valence-electron chi connectivity index (χ4n) is 8.71. The highest BCUT2D eigenvalue weighted by Gasteiger charge is 2.35. The van der Waals surface area contributed by atoms with E-state index in [4.69, 9.17) is 0 Å². The largest absolute Gasteiger partial charge is 0.417 e. The van der Waals surface area contributed by atoms with Crippen LogP contribution in [0.1, 0.15) is 22.3 Å². The van der Waals surface area contributed by atoms with Crippen LogP contribution >= 0.6 is 0 Å². The van der Waals surface area contributed by atoms with E-state index < -0.39 is 11.7 Å². The normalized spacial score (nSPS) is 11.5. The third-order valence-corrected chi connectivity index (χ3v) is 11.3. The molecule has 10 aromatic rings. The molecule has 0 aliphatic heterocycles. The minimum absolute atomic E-state index is 0.0617. The number of halogens is 3. The van der Waals surface area contributed by atoms with Gasteiger partial charge in [-0.2, -0.15) is 29.0 Å². The number of fused-ring (bicyclic) bond motifs is 6. The van der Waals surface area contributed by atoms with Gasteiger partial charge in [0.05, 0.1) is 73.9 Å². The maximum absolute atomic E-state index is 15.3. The number of nitriles is 3. The highest BCUT2D eigenvalue weighted by Crippen LogP contribution is 2.47. The van der Waals surface area contributed by atoms with Gasteiger partial charge in [0.1, 0.15) is 0 Å². The Bertz CT molecular complexity index is 3330. The summed E-state index contributed by atoms with van der Waals surface area (Å²) in [6.07, 6.45) is -4.73. The summed E-state index contributed by atoms with van der Waals surface area (Å²) < 4.78 is 49.9. The van der Waals surface area contributed by atoms with Gasteiger partial charge >= 0.3 is 6.18 Å². The van der Waals surface area contributed by atoms with Gasteiger partial charge in [-0.25, -0.2) is 0 Å². The number of hydrogen-bond acceptors (Lipinski definition) is 3. The van der Waals surface area contributed by atoms with E-state index in [0.717, 1.165) is 49.8 Å². The van der Waals surface area contributed by atoms with Gasteiger partial charge in [-0.15, -0.1) is 0 Å². The molecule has 0 bridgehead atoms. The van der Waals surface area contributed by atoms with Crippen molar-refractivity contribution in [2.45, 2.75) is 6.18 Å². The van der Waals surface area contributed by atoms with Crippen LogP contribution < -0.4 is 0 Å². The molecular formula is C52H28F3N5. The molecule has 0 atom stereocenters. The lowest BCUT2D eigenvalue weighted by Gasteiger charge is -2.23. The van der Waals surface area contributed by atoms with E-state index >= 15 is 13.2 Å². The van der Waals surface area contributed by atoms with Gasteiger partial charge in [0, 0.05) is 27.1 Å². The quantitative estimate of drug-likeness (QED) is 0.174. The molecule has 0 fully saturated rings. The molecule has 10 rings (SSSR count). The van der Waals surface area contributed by atoms with Crippen molar-refractivity contribution in [1.29, 1.82) is 15.8 Å². The molecule has 8 aromatic carbocycles. The third kappa shape index (κ3) is 5.61.